The van der Waals surface area contributed by atoms with Crippen molar-refractivity contribution in [3.63, 3.8) is 0 Å². The molecule has 0 heterocycles. The first-order valence-electron chi connectivity index (χ1n) is 3.47. The molecule has 2 rings (SSSR count). The van der Waals surface area contributed by atoms with Gasteiger partial charge in [0.05, 0.1) is 0 Å². The molecule has 0 N–H and O–H groups in total. The van der Waals surface area contributed by atoms with Crippen molar-refractivity contribution in [2.75, 3.05) is 0 Å². The number of rotatable bonds is 0. The summed E-state index contributed by atoms with van der Waals surface area (Å²) in [6.07, 6.45) is 9.49. The van der Waals surface area contributed by atoms with Gasteiger partial charge in [-0.1, -0.05) is 18.2 Å². The third-order valence-corrected chi connectivity index (χ3v) is 1.93. The van der Waals surface area contributed by atoms with E-state index < -0.39 is 0 Å². The van der Waals surface area contributed by atoms with E-state index in [2.05, 4.69) is 12.2 Å². The van der Waals surface area contributed by atoms with E-state index in [0.29, 0.717) is 0 Å². The molecule has 0 aromatic heterocycles. The lowest BCUT2D eigenvalue weighted by Crippen LogP contribution is -2.02. The zero-order valence-corrected chi connectivity index (χ0v) is 5.63. The molecule has 0 fully saturated rings. The molecule has 0 spiro atoms. The van der Waals surface area contributed by atoms with Gasteiger partial charge in [-0.15, -0.1) is 0 Å². The molecule has 0 aromatic rings. The summed E-state index contributed by atoms with van der Waals surface area (Å²) in [4.78, 5) is 11.1. The third-order valence-electron chi connectivity index (χ3n) is 1.93. The Kier molecular flexibility index (Phi) is 1.10. The second-order valence-electron chi connectivity index (χ2n) is 2.58. The van der Waals surface area contributed by atoms with Gasteiger partial charge < -0.3 is 0 Å². The van der Waals surface area contributed by atoms with Crippen molar-refractivity contribution in [3.05, 3.63) is 35.5 Å². The number of ketones is 1. The van der Waals surface area contributed by atoms with Crippen LogP contribution in [0.15, 0.2) is 35.5 Å². The molecule has 0 saturated carbocycles. The molecule has 0 saturated heterocycles. The van der Waals surface area contributed by atoms with Gasteiger partial charge in [-0.25, -0.2) is 0 Å². The van der Waals surface area contributed by atoms with Gasteiger partial charge in [0.2, 0.25) is 0 Å². The molecular weight excluding hydrogens is 124 g/mol. The summed E-state index contributed by atoms with van der Waals surface area (Å²) in [5, 5.41) is 0. The number of hydrogen-bond donors (Lipinski definition) is 0. The van der Waals surface area contributed by atoms with Gasteiger partial charge in [0.25, 0.3) is 0 Å². The zero-order chi connectivity index (χ0) is 6.97. The standard InChI is InChI=1S/C9H8O/c10-9-6-2-4-7-3-1-5-8(7)9/h1-3,6H,4-5H2. The van der Waals surface area contributed by atoms with Crippen LogP contribution in [-0.2, 0) is 4.79 Å². The largest absolute Gasteiger partial charge is 0.290 e. The van der Waals surface area contributed by atoms with E-state index in [-0.39, 0.29) is 5.78 Å². The fraction of sp³-hybridized carbons (Fsp3) is 0.222. The van der Waals surface area contributed by atoms with Crippen molar-refractivity contribution in [1.29, 1.82) is 0 Å². The van der Waals surface area contributed by atoms with Crippen LogP contribution in [-0.4, -0.2) is 5.78 Å². The minimum Gasteiger partial charge on any atom is -0.290 e. The van der Waals surface area contributed by atoms with Crippen LogP contribution in [0.3, 0.4) is 0 Å². The zero-order valence-electron chi connectivity index (χ0n) is 5.63. The summed E-state index contributed by atoms with van der Waals surface area (Å²) in [7, 11) is 0. The molecule has 2 aliphatic carbocycles. The van der Waals surface area contributed by atoms with E-state index in [9.17, 15) is 4.79 Å². The maximum Gasteiger partial charge on any atom is 0.182 e. The van der Waals surface area contributed by atoms with Crippen LogP contribution < -0.4 is 0 Å². The molecule has 0 amide bonds. The van der Waals surface area contributed by atoms with Crippen molar-refractivity contribution in [2.45, 2.75) is 12.8 Å². The Morgan fingerprint density at radius 3 is 2.70 bits per heavy atom. The van der Waals surface area contributed by atoms with Crippen molar-refractivity contribution >= 4 is 5.78 Å². The molecule has 0 radical (unpaired) electrons. The SMILES string of the molecule is O=C1C=CCC2=C1CC=C2. The Hall–Kier alpha value is -1.11. The molecule has 0 aromatic carbocycles. The molecule has 0 unspecified atom stereocenters. The monoisotopic (exact) mass is 132 g/mol. The van der Waals surface area contributed by atoms with E-state index >= 15 is 0 Å². The van der Waals surface area contributed by atoms with Gasteiger partial charge in [0.15, 0.2) is 5.78 Å². The fourth-order valence-corrected chi connectivity index (χ4v) is 1.39. The van der Waals surface area contributed by atoms with E-state index in [0.717, 1.165) is 18.4 Å². The highest BCUT2D eigenvalue weighted by atomic mass is 16.1. The van der Waals surface area contributed by atoms with Gasteiger partial charge in [-0.3, -0.25) is 4.79 Å². The predicted molar refractivity (Wildman–Crippen MR) is 39.5 cm³/mol. The Labute approximate surface area is 59.7 Å². The van der Waals surface area contributed by atoms with Crippen LogP contribution >= 0.6 is 0 Å². The average molecular weight is 132 g/mol. The van der Waals surface area contributed by atoms with Crippen LogP contribution in [0, 0.1) is 0 Å². The normalized spacial score (nSPS) is 22.2. The molecule has 10 heavy (non-hydrogen) atoms. The summed E-state index contributed by atoms with van der Waals surface area (Å²) in [5.41, 5.74) is 2.22. The lowest BCUT2D eigenvalue weighted by molar-refractivity contribution is -0.111. The molecule has 0 atom stereocenters. The fourth-order valence-electron chi connectivity index (χ4n) is 1.39. The highest BCUT2D eigenvalue weighted by Crippen LogP contribution is 2.26. The summed E-state index contributed by atoms with van der Waals surface area (Å²) in [6.45, 7) is 0. The third kappa shape index (κ3) is 0.670. The van der Waals surface area contributed by atoms with Crippen LogP contribution in [0.4, 0.5) is 0 Å². The van der Waals surface area contributed by atoms with Crippen LogP contribution in [0.25, 0.3) is 0 Å². The first-order valence-corrected chi connectivity index (χ1v) is 3.47. The topological polar surface area (TPSA) is 17.1 Å². The number of allylic oxidation sites excluding steroid dienone is 6. The molecule has 0 bridgehead atoms. The molecule has 2 aliphatic rings. The van der Waals surface area contributed by atoms with Crippen molar-refractivity contribution in [3.8, 4) is 0 Å². The average Bonchev–Trinajstić information content (AvgIpc) is 2.36. The Bertz CT molecular complexity index is 266. The summed E-state index contributed by atoms with van der Waals surface area (Å²) in [6, 6.07) is 0. The van der Waals surface area contributed by atoms with E-state index in [1.54, 1.807) is 6.08 Å². The maximum absolute atomic E-state index is 11.1. The summed E-state index contributed by atoms with van der Waals surface area (Å²) >= 11 is 0. The van der Waals surface area contributed by atoms with Gasteiger partial charge in [0, 0.05) is 5.57 Å². The number of carbonyl (C=O) groups excluding carboxylic acids is 1. The quantitative estimate of drug-likeness (QED) is 0.491. The van der Waals surface area contributed by atoms with Crippen LogP contribution in [0.5, 0.6) is 0 Å². The smallest absolute Gasteiger partial charge is 0.182 e. The van der Waals surface area contributed by atoms with Crippen LogP contribution in [0.2, 0.25) is 0 Å². The maximum atomic E-state index is 11.1. The molecule has 1 heteroatoms. The Morgan fingerprint density at radius 2 is 1.90 bits per heavy atom. The lowest BCUT2D eigenvalue weighted by atomic mass is 9.99. The van der Waals surface area contributed by atoms with Crippen molar-refractivity contribution < 1.29 is 4.79 Å². The highest BCUT2D eigenvalue weighted by Gasteiger charge is 2.16. The Morgan fingerprint density at radius 1 is 1.10 bits per heavy atom. The first kappa shape index (κ1) is 5.66. The number of hydrogen-bond acceptors (Lipinski definition) is 1. The predicted octanol–water partition coefficient (Wildman–Crippen LogP) is 1.77. The highest BCUT2D eigenvalue weighted by molar-refractivity contribution is 6.06. The van der Waals surface area contributed by atoms with E-state index in [4.69, 9.17) is 0 Å². The molecule has 1 nitrogen and oxygen atoms in total. The number of carbonyl (C=O) groups is 1. The van der Waals surface area contributed by atoms with Gasteiger partial charge in [-0.2, -0.15) is 0 Å². The molecule has 50 valence electrons. The van der Waals surface area contributed by atoms with Crippen LogP contribution in [0.1, 0.15) is 12.8 Å². The van der Waals surface area contributed by atoms with Gasteiger partial charge in [0.1, 0.15) is 0 Å². The first-order chi connectivity index (χ1) is 4.88. The molecule has 0 aliphatic heterocycles. The minimum atomic E-state index is 0.200. The second kappa shape index (κ2) is 1.94. The van der Waals surface area contributed by atoms with Gasteiger partial charge in [-0.05, 0) is 24.5 Å². The molecular formula is C9H8O. The van der Waals surface area contributed by atoms with E-state index in [1.165, 1.54) is 5.57 Å². The minimum absolute atomic E-state index is 0.200. The van der Waals surface area contributed by atoms with E-state index in [1.807, 2.05) is 6.08 Å². The Balaban J connectivity index is 2.40. The van der Waals surface area contributed by atoms with Gasteiger partial charge >= 0.3 is 0 Å². The summed E-state index contributed by atoms with van der Waals surface area (Å²) in [5.74, 6) is 0.200. The summed E-state index contributed by atoms with van der Waals surface area (Å²) < 4.78 is 0. The second-order valence-corrected chi connectivity index (χ2v) is 2.58. The lowest BCUT2D eigenvalue weighted by Gasteiger charge is -2.05. The van der Waals surface area contributed by atoms with Crippen molar-refractivity contribution in [2.24, 2.45) is 0 Å². The van der Waals surface area contributed by atoms with Crippen molar-refractivity contribution in [1.82, 2.24) is 0 Å².